The van der Waals surface area contributed by atoms with Gasteiger partial charge in [0.05, 0.1) is 5.69 Å². The van der Waals surface area contributed by atoms with Gasteiger partial charge < -0.3 is 4.90 Å². The van der Waals surface area contributed by atoms with Crippen LogP contribution in [0.5, 0.6) is 0 Å². The summed E-state index contributed by atoms with van der Waals surface area (Å²) in [6, 6.07) is 4.59. The highest BCUT2D eigenvalue weighted by molar-refractivity contribution is 5.76. The molecule has 1 aliphatic heterocycles. The first-order chi connectivity index (χ1) is 13.0. The van der Waals surface area contributed by atoms with Gasteiger partial charge in [0.25, 0.3) is 0 Å². The topological polar surface area (TPSA) is 21.1 Å². The van der Waals surface area contributed by atoms with E-state index in [0.717, 1.165) is 25.8 Å². The minimum Gasteiger partial charge on any atom is -0.324 e. The molecule has 0 aliphatic carbocycles. The molecular weight excluding hydrogens is 330 g/mol. The molecule has 146 valence electrons. The molecule has 3 heteroatoms. The number of aryl methyl sites for hydroxylation is 4. The number of nitrogens with zero attached hydrogens (tertiary/aromatic N) is 3. The summed E-state index contributed by atoms with van der Waals surface area (Å²) >= 11 is 0. The highest BCUT2D eigenvalue weighted by Crippen LogP contribution is 2.40. The summed E-state index contributed by atoms with van der Waals surface area (Å²) in [7, 11) is 2.12. The van der Waals surface area contributed by atoms with Crippen molar-refractivity contribution in [2.45, 2.75) is 73.1 Å². The fourth-order valence-corrected chi connectivity index (χ4v) is 4.64. The van der Waals surface area contributed by atoms with Gasteiger partial charge >= 0.3 is 0 Å². The van der Waals surface area contributed by atoms with Gasteiger partial charge in [-0.2, -0.15) is 5.10 Å². The molecule has 0 amide bonds. The molecule has 0 N–H and O–H groups in total. The van der Waals surface area contributed by atoms with Gasteiger partial charge in [-0.3, -0.25) is 4.68 Å². The second-order valence-corrected chi connectivity index (χ2v) is 8.04. The summed E-state index contributed by atoms with van der Waals surface area (Å²) in [6.07, 6.45) is 9.42. The lowest BCUT2D eigenvalue weighted by Crippen LogP contribution is -2.26. The summed E-state index contributed by atoms with van der Waals surface area (Å²) in [5.41, 5.74) is 9.67. The van der Waals surface area contributed by atoms with E-state index in [9.17, 15) is 0 Å². The number of hydrogen-bond donors (Lipinski definition) is 0. The van der Waals surface area contributed by atoms with Crippen molar-refractivity contribution >= 4 is 17.1 Å². The number of allylic oxidation sites excluding steroid dienone is 2. The van der Waals surface area contributed by atoms with E-state index in [-0.39, 0.29) is 0 Å². The molecule has 0 fully saturated rings. The molecule has 1 aromatic heterocycles. The van der Waals surface area contributed by atoms with Gasteiger partial charge in [-0.15, -0.1) is 0 Å². The van der Waals surface area contributed by atoms with Gasteiger partial charge in [-0.05, 0) is 63.2 Å². The van der Waals surface area contributed by atoms with Crippen LogP contribution in [0.25, 0.3) is 5.57 Å². The van der Waals surface area contributed by atoms with E-state index in [1.807, 2.05) is 0 Å². The Hall–Kier alpha value is -2.03. The summed E-state index contributed by atoms with van der Waals surface area (Å²) < 4.78 is 2.14. The number of hydrogen-bond acceptors (Lipinski definition) is 2. The Balaban J connectivity index is 2.11. The van der Waals surface area contributed by atoms with Crippen molar-refractivity contribution in [1.82, 2.24) is 9.78 Å². The molecule has 27 heavy (non-hydrogen) atoms. The lowest BCUT2D eigenvalue weighted by molar-refractivity contribution is 0.735. The van der Waals surface area contributed by atoms with Crippen LogP contribution in [0.1, 0.15) is 73.9 Å². The maximum Gasteiger partial charge on any atom is 0.158 e. The Bertz CT molecular complexity index is 819. The molecule has 0 atom stereocenters. The molecule has 0 saturated carbocycles. The third-order valence-electron chi connectivity index (χ3n) is 5.60. The number of anilines is 2. The second-order valence-electron chi connectivity index (χ2n) is 8.04. The Labute approximate surface area is 165 Å². The van der Waals surface area contributed by atoms with Gasteiger partial charge in [-0.1, -0.05) is 50.5 Å². The Morgan fingerprint density at radius 1 is 1.11 bits per heavy atom. The number of rotatable bonds is 6. The quantitative estimate of drug-likeness (QED) is 0.589. The Kier molecular flexibility index (Phi) is 6.08. The van der Waals surface area contributed by atoms with Gasteiger partial charge in [0, 0.05) is 24.8 Å². The van der Waals surface area contributed by atoms with Gasteiger partial charge in [0.2, 0.25) is 0 Å². The largest absolute Gasteiger partial charge is 0.324 e. The van der Waals surface area contributed by atoms with Crippen molar-refractivity contribution in [2.75, 3.05) is 11.4 Å². The predicted molar refractivity (Wildman–Crippen MR) is 117 cm³/mol. The molecule has 2 heterocycles. The van der Waals surface area contributed by atoms with Crippen molar-refractivity contribution in [2.24, 2.45) is 7.05 Å². The van der Waals surface area contributed by atoms with Gasteiger partial charge in [0.1, 0.15) is 0 Å². The molecule has 1 aromatic carbocycles. The fourth-order valence-electron chi connectivity index (χ4n) is 4.64. The van der Waals surface area contributed by atoms with Crippen molar-refractivity contribution in [3.63, 3.8) is 0 Å². The smallest absolute Gasteiger partial charge is 0.158 e. The molecule has 3 rings (SSSR count). The first-order valence-corrected chi connectivity index (χ1v) is 10.6. The normalized spacial score (nSPS) is 14.6. The van der Waals surface area contributed by atoms with E-state index in [4.69, 9.17) is 5.10 Å². The number of fused-ring (bicyclic) bond motifs is 1. The predicted octanol–water partition coefficient (Wildman–Crippen LogP) is 6.41. The van der Waals surface area contributed by atoms with Crippen LogP contribution in [-0.4, -0.2) is 16.3 Å². The maximum atomic E-state index is 5.03. The number of benzene rings is 1. The zero-order chi connectivity index (χ0) is 19.6. The minimum atomic E-state index is 1.05. The number of unbranched alkanes of at least 4 members (excludes halogenated alkanes) is 1. The standard InChI is InChI=1S/C24H35N3/c1-7-9-12-20(11-8-2)23-21-13-10-14-27(24(21)25-26(23)6)22-18(4)15-17(3)16-19(22)5/h12,15-16H,7-11,13-14H2,1-6H3/b20-12-. The average molecular weight is 366 g/mol. The molecule has 1 aliphatic rings. The van der Waals surface area contributed by atoms with E-state index in [0.29, 0.717) is 0 Å². The fraction of sp³-hybridized carbons (Fsp3) is 0.542. The summed E-state index contributed by atoms with van der Waals surface area (Å²) in [4.78, 5) is 2.47. The Morgan fingerprint density at radius 3 is 2.44 bits per heavy atom. The highest BCUT2D eigenvalue weighted by Gasteiger charge is 2.28. The van der Waals surface area contributed by atoms with Crippen LogP contribution in [0.15, 0.2) is 18.2 Å². The monoisotopic (exact) mass is 365 g/mol. The van der Waals surface area contributed by atoms with Crippen LogP contribution >= 0.6 is 0 Å². The van der Waals surface area contributed by atoms with Crippen molar-refractivity contribution in [3.8, 4) is 0 Å². The third-order valence-corrected chi connectivity index (χ3v) is 5.60. The van der Waals surface area contributed by atoms with E-state index < -0.39 is 0 Å². The van der Waals surface area contributed by atoms with Crippen molar-refractivity contribution < 1.29 is 0 Å². The van der Waals surface area contributed by atoms with E-state index in [1.54, 1.807) is 0 Å². The van der Waals surface area contributed by atoms with Crippen LogP contribution in [0.3, 0.4) is 0 Å². The Morgan fingerprint density at radius 2 is 1.81 bits per heavy atom. The molecule has 0 radical (unpaired) electrons. The van der Waals surface area contributed by atoms with Crippen LogP contribution in [0.2, 0.25) is 0 Å². The summed E-state index contributed by atoms with van der Waals surface area (Å²) in [5.74, 6) is 1.17. The molecule has 2 aromatic rings. The summed E-state index contributed by atoms with van der Waals surface area (Å²) in [5, 5.41) is 5.03. The SMILES string of the molecule is CCC/C=C(/CCC)c1c2c(nn1C)N(c1c(C)cc(C)cc1C)CCC2. The lowest BCUT2D eigenvalue weighted by Gasteiger charge is -2.31. The van der Waals surface area contributed by atoms with Gasteiger partial charge in [-0.25, -0.2) is 0 Å². The second kappa shape index (κ2) is 8.33. The lowest BCUT2D eigenvalue weighted by atomic mass is 9.95. The highest BCUT2D eigenvalue weighted by atomic mass is 15.4. The third kappa shape index (κ3) is 3.83. The minimum absolute atomic E-state index is 1.05. The molecule has 0 bridgehead atoms. The van der Waals surface area contributed by atoms with Crippen LogP contribution < -0.4 is 4.90 Å². The van der Waals surface area contributed by atoms with Crippen LogP contribution in [0.4, 0.5) is 11.5 Å². The van der Waals surface area contributed by atoms with Gasteiger partial charge in [0.15, 0.2) is 5.82 Å². The molecule has 0 unspecified atom stereocenters. The van der Waals surface area contributed by atoms with E-state index in [2.05, 4.69) is 69.5 Å². The zero-order valence-corrected chi connectivity index (χ0v) is 18.0. The first-order valence-electron chi connectivity index (χ1n) is 10.6. The van der Waals surface area contributed by atoms with Crippen LogP contribution in [0, 0.1) is 20.8 Å². The van der Waals surface area contributed by atoms with Crippen LogP contribution in [-0.2, 0) is 13.5 Å². The average Bonchev–Trinajstić information content (AvgIpc) is 2.94. The molecular formula is C24H35N3. The summed E-state index contributed by atoms with van der Waals surface area (Å²) in [6.45, 7) is 12.2. The van der Waals surface area contributed by atoms with E-state index >= 15 is 0 Å². The number of aromatic nitrogens is 2. The molecule has 0 spiro atoms. The zero-order valence-electron chi connectivity index (χ0n) is 18.0. The maximum absolute atomic E-state index is 5.03. The van der Waals surface area contributed by atoms with Crippen molar-refractivity contribution in [1.29, 1.82) is 0 Å². The molecule has 3 nitrogen and oxygen atoms in total. The van der Waals surface area contributed by atoms with E-state index in [1.165, 1.54) is 64.3 Å². The molecule has 0 saturated heterocycles. The van der Waals surface area contributed by atoms with Crippen molar-refractivity contribution in [3.05, 3.63) is 46.2 Å². The first kappa shape index (κ1) is 19.7.